The molecule has 1 aromatic rings. The molecule has 0 saturated carbocycles. The monoisotopic (exact) mass is 228 g/mol. The van der Waals surface area contributed by atoms with Gasteiger partial charge >= 0.3 is 0 Å². The number of aliphatic hydroxyl groups excluding tert-OH is 1. The summed E-state index contributed by atoms with van der Waals surface area (Å²) >= 11 is 5.98. The smallest absolute Gasteiger partial charge is 0.0791 e. The van der Waals surface area contributed by atoms with Crippen molar-refractivity contribution in [1.29, 1.82) is 0 Å². The highest BCUT2D eigenvalue weighted by Crippen LogP contribution is 2.23. The topological polar surface area (TPSA) is 29.5 Å². The Kier molecular flexibility index (Phi) is 5.09. The Labute approximate surface area is 95.8 Å². The molecule has 3 heteroatoms. The molecule has 0 aromatic heterocycles. The van der Waals surface area contributed by atoms with Crippen LogP contribution in [0.2, 0.25) is 5.02 Å². The van der Waals surface area contributed by atoms with Crippen LogP contribution in [0.25, 0.3) is 0 Å². The lowest BCUT2D eigenvalue weighted by Gasteiger charge is -2.11. The highest BCUT2D eigenvalue weighted by Gasteiger charge is 2.08. The number of rotatable bonds is 5. The maximum absolute atomic E-state index is 9.85. The van der Waals surface area contributed by atoms with E-state index in [2.05, 4.69) is 0 Å². The average molecular weight is 229 g/mol. The zero-order chi connectivity index (χ0) is 11.3. The second kappa shape index (κ2) is 6.11. The van der Waals surface area contributed by atoms with Gasteiger partial charge in [0, 0.05) is 18.7 Å². The molecule has 0 aliphatic carbocycles. The summed E-state index contributed by atoms with van der Waals surface area (Å²) < 4.78 is 4.93. The lowest BCUT2D eigenvalue weighted by molar-refractivity contribution is 0.136. The third-order valence-electron chi connectivity index (χ3n) is 2.41. The van der Waals surface area contributed by atoms with Gasteiger partial charge in [-0.1, -0.05) is 23.7 Å². The Morgan fingerprint density at radius 2 is 2.20 bits per heavy atom. The highest BCUT2D eigenvalue weighted by molar-refractivity contribution is 6.31. The molecule has 1 unspecified atom stereocenters. The third-order valence-corrected chi connectivity index (χ3v) is 2.81. The van der Waals surface area contributed by atoms with E-state index >= 15 is 0 Å². The van der Waals surface area contributed by atoms with Crippen LogP contribution in [0.15, 0.2) is 18.2 Å². The van der Waals surface area contributed by atoms with Crippen LogP contribution < -0.4 is 0 Å². The Hall–Kier alpha value is -0.570. The number of ether oxygens (including phenoxy) is 1. The number of hydrogen-bond acceptors (Lipinski definition) is 2. The minimum Gasteiger partial charge on any atom is -0.388 e. The first kappa shape index (κ1) is 12.5. The third kappa shape index (κ3) is 3.82. The number of halogens is 1. The summed E-state index contributed by atoms with van der Waals surface area (Å²) in [6.07, 6.45) is 1.11. The van der Waals surface area contributed by atoms with Crippen LogP contribution in [0.1, 0.15) is 30.1 Å². The fourth-order valence-corrected chi connectivity index (χ4v) is 1.59. The van der Waals surface area contributed by atoms with Gasteiger partial charge in [0.2, 0.25) is 0 Å². The van der Waals surface area contributed by atoms with Crippen LogP contribution >= 0.6 is 11.6 Å². The van der Waals surface area contributed by atoms with E-state index in [1.807, 2.05) is 25.1 Å². The van der Waals surface area contributed by atoms with E-state index in [1.54, 1.807) is 7.11 Å². The van der Waals surface area contributed by atoms with Crippen molar-refractivity contribution in [3.63, 3.8) is 0 Å². The summed E-state index contributed by atoms with van der Waals surface area (Å²) in [6.45, 7) is 2.63. The first-order chi connectivity index (χ1) is 7.15. The molecule has 0 saturated heterocycles. The molecule has 0 radical (unpaired) electrons. The molecule has 0 heterocycles. The van der Waals surface area contributed by atoms with Crippen LogP contribution in [0.3, 0.4) is 0 Å². The molecular weight excluding hydrogens is 212 g/mol. The van der Waals surface area contributed by atoms with Gasteiger partial charge in [-0.2, -0.15) is 0 Å². The van der Waals surface area contributed by atoms with Crippen LogP contribution in [0.4, 0.5) is 0 Å². The van der Waals surface area contributed by atoms with Crippen LogP contribution in [0.5, 0.6) is 0 Å². The SMILES string of the molecule is COCCCC(O)c1ccc(C)c(Cl)c1. The first-order valence-corrected chi connectivity index (χ1v) is 5.46. The average Bonchev–Trinajstić information content (AvgIpc) is 2.22. The van der Waals surface area contributed by atoms with Crippen molar-refractivity contribution >= 4 is 11.6 Å². The molecule has 15 heavy (non-hydrogen) atoms. The molecule has 0 aliphatic rings. The molecule has 0 fully saturated rings. The number of methoxy groups -OCH3 is 1. The van der Waals surface area contributed by atoms with E-state index in [1.165, 1.54) is 0 Å². The van der Waals surface area contributed by atoms with Crippen molar-refractivity contribution in [3.8, 4) is 0 Å². The Morgan fingerprint density at radius 3 is 2.80 bits per heavy atom. The summed E-state index contributed by atoms with van der Waals surface area (Å²) in [7, 11) is 1.66. The lowest BCUT2D eigenvalue weighted by atomic mass is 10.0. The molecular formula is C12H17ClO2. The van der Waals surface area contributed by atoms with E-state index in [-0.39, 0.29) is 0 Å². The summed E-state index contributed by atoms with van der Waals surface area (Å²) in [4.78, 5) is 0. The molecule has 2 nitrogen and oxygen atoms in total. The van der Waals surface area contributed by atoms with Crippen LogP contribution in [0, 0.1) is 6.92 Å². The zero-order valence-corrected chi connectivity index (χ0v) is 9.92. The quantitative estimate of drug-likeness (QED) is 0.785. The van der Waals surface area contributed by atoms with E-state index in [0.717, 1.165) is 17.5 Å². The number of benzene rings is 1. The molecule has 0 bridgehead atoms. The van der Waals surface area contributed by atoms with Gasteiger partial charge in [0.15, 0.2) is 0 Å². The van der Waals surface area contributed by atoms with Gasteiger partial charge in [-0.15, -0.1) is 0 Å². The summed E-state index contributed by atoms with van der Waals surface area (Å²) in [5.41, 5.74) is 1.91. The molecule has 1 aromatic carbocycles. The molecule has 0 amide bonds. The predicted molar refractivity (Wildman–Crippen MR) is 62.3 cm³/mol. The van der Waals surface area contributed by atoms with Crippen molar-refractivity contribution < 1.29 is 9.84 Å². The van der Waals surface area contributed by atoms with Gasteiger partial charge in [0.25, 0.3) is 0 Å². The second-order valence-electron chi connectivity index (χ2n) is 3.66. The van der Waals surface area contributed by atoms with Gasteiger partial charge in [-0.05, 0) is 37.0 Å². The first-order valence-electron chi connectivity index (χ1n) is 5.08. The van der Waals surface area contributed by atoms with Gasteiger partial charge in [-0.3, -0.25) is 0 Å². The van der Waals surface area contributed by atoms with E-state index in [9.17, 15) is 5.11 Å². The van der Waals surface area contributed by atoms with E-state index < -0.39 is 6.10 Å². The van der Waals surface area contributed by atoms with E-state index in [4.69, 9.17) is 16.3 Å². The largest absolute Gasteiger partial charge is 0.388 e. The van der Waals surface area contributed by atoms with Crippen molar-refractivity contribution in [2.24, 2.45) is 0 Å². The Balaban J connectivity index is 2.57. The number of aryl methyl sites for hydroxylation is 1. The zero-order valence-electron chi connectivity index (χ0n) is 9.16. The minimum atomic E-state index is -0.446. The Bertz CT molecular complexity index is 312. The minimum absolute atomic E-state index is 0.446. The fourth-order valence-electron chi connectivity index (χ4n) is 1.40. The van der Waals surface area contributed by atoms with Gasteiger partial charge in [0.1, 0.15) is 0 Å². The predicted octanol–water partition coefficient (Wildman–Crippen LogP) is 3.11. The molecule has 84 valence electrons. The molecule has 0 aliphatic heterocycles. The Morgan fingerprint density at radius 1 is 1.47 bits per heavy atom. The molecule has 1 rings (SSSR count). The van der Waals surface area contributed by atoms with Crippen LogP contribution in [-0.4, -0.2) is 18.8 Å². The van der Waals surface area contributed by atoms with Crippen molar-refractivity contribution in [2.45, 2.75) is 25.9 Å². The summed E-state index contributed by atoms with van der Waals surface area (Å²) in [5.74, 6) is 0. The standard InChI is InChI=1S/C12H17ClO2/c1-9-5-6-10(8-11(9)13)12(14)4-3-7-15-2/h5-6,8,12,14H,3-4,7H2,1-2H3. The lowest BCUT2D eigenvalue weighted by Crippen LogP contribution is -2.00. The van der Waals surface area contributed by atoms with Crippen molar-refractivity contribution in [3.05, 3.63) is 34.3 Å². The van der Waals surface area contributed by atoms with E-state index in [0.29, 0.717) is 18.1 Å². The van der Waals surface area contributed by atoms with Crippen LogP contribution in [-0.2, 0) is 4.74 Å². The second-order valence-corrected chi connectivity index (χ2v) is 4.07. The van der Waals surface area contributed by atoms with Gasteiger partial charge in [0.05, 0.1) is 6.10 Å². The van der Waals surface area contributed by atoms with Crippen molar-refractivity contribution in [1.82, 2.24) is 0 Å². The molecule has 0 spiro atoms. The molecule has 1 atom stereocenters. The maximum atomic E-state index is 9.85. The fraction of sp³-hybridized carbons (Fsp3) is 0.500. The highest BCUT2D eigenvalue weighted by atomic mass is 35.5. The normalized spacial score (nSPS) is 12.8. The number of hydrogen-bond donors (Lipinski definition) is 1. The maximum Gasteiger partial charge on any atom is 0.0791 e. The number of aliphatic hydroxyl groups is 1. The summed E-state index contributed by atoms with van der Waals surface area (Å²) in [5, 5.41) is 10.6. The van der Waals surface area contributed by atoms with Gasteiger partial charge in [-0.25, -0.2) is 0 Å². The van der Waals surface area contributed by atoms with Crippen molar-refractivity contribution in [2.75, 3.05) is 13.7 Å². The molecule has 1 N–H and O–H groups in total. The van der Waals surface area contributed by atoms with Gasteiger partial charge < -0.3 is 9.84 Å². The summed E-state index contributed by atoms with van der Waals surface area (Å²) in [6, 6.07) is 5.67.